The van der Waals surface area contributed by atoms with Gasteiger partial charge in [0.05, 0.1) is 4.90 Å². The molecule has 0 aliphatic heterocycles. The fraction of sp³-hybridized carbons (Fsp3) is 0.111. The van der Waals surface area contributed by atoms with Gasteiger partial charge in [-0.3, -0.25) is 4.79 Å². The molecule has 1 aromatic heterocycles. The molecule has 0 radical (unpaired) electrons. The van der Waals surface area contributed by atoms with Crippen LogP contribution < -0.4 is 16.0 Å². The van der Waals surface area contributed by atoms with Crippen LogP contribution in [0.25, 0.3) is 11.1 Å². The first-order chi connectivity index (χ1) is 17.3. The Bertz CT molecular complexity index is 1440. The summed E-state index contributed by atoms with van der Waals surface area (Å²) in [4.78, 5) is 26.9. The van der Waals surface area contributed by atoms with E-state index in [9.17, 15) is 18.0 Å². The molecular formula is C27H25N3O4S2. The van der Waals surface area contributed by atoms with Gasteiger partial charge in [0.15, 0.2) is 9.84 Å². The minimum Gasteiger partial charge on any atom is -0.326 e. The molecule has 0 aliphatic carbocycles. The summed E-state index contributed by atoms with van der Waals surface area (Å²) in [5.41, 5.74) is 2.45. The van der Waals surface area contributed by atoms with Gasteiger partial charge in [0, 0.05) is 34.5 Å². The molecule has 9 heteroatoms. The zero-order valence-corrected chi connectivity index (χ0v) is 21.1. The highest BCUT2D eigenvalue weighted by molar-refractivity contribution is 7.90. The van der Waals surface area contributed by atoms with Gasteiger partial charge in [-0.2, -0.15) is 0 Å². The summed E-state index contributed by atoms with van der Waals surface area (Å²) >= 11 is 1.51. The molecule has 184 valence electrons. The molecule has 7 nitrogen and oxygen atoms in total. The number of hydrogen-bond acceptors (Lipinski definition) is 5. The average molecular weight is 520 g/mol. The number of carbonyl (C=O) groups excluding carboxylic acids is 2. The maximum absolute atomic E-state index is 13.1. The minimum atomic E-state index is -3.40. The van der Waals surface area contributed by atoms with Crippen molar-refractivity contribution < 1.29 is 18.0 Å². The molecule has 4 rings (SSSR count). The molecule has 1 atom stereocenters. The molecule has 1 unspecified atom stereocenters. The van der Waals surface area contributed by atoms with Crippen LogP contribution in [0.1, 0.15) is 4.88 Å². The highest BCUT2D eigenvalue weighted by atomic mass is 32.2. The SMILES string of the molecule is CS(=O)(=O)c1ccccc1-c1ccc(NC(=O)C(Cc2cccs2)NC(=O)Nc2ccccc2)cc1. The van der Waals surface area contributed by atoms with E-state index < -0.39 is 21.9 Å². The highest BCUT2D eigenvalue weighted by Crippen LogP contribution is 2.28. The molecule has 4 aromatic rings. The number of hydrogen-bond donors (Lipinski definition) is 3. The first-order valence-electron chi connectivity index (χ1n) is 11.1. The van der Waals surface area contributed by atoms with E-state index in [2.05, 4.69) is 16.0 Å². The number of para-hydroxylation sites is 1. The zero-order chi connectivity index (χ0) is 25.5. The molecule has 0 saturated heterocycles. The predicted molar refractivity (Wildman–Crippen MR) is 144 cm³/mol. The smallest absolute Gasteiger partial charge is 0.319 e. The van der Waals surface area contributed by atoms with Crippen LogP contribution in [0.4, 0.5) is 16.2 Å². The van der Waals surface area contributed by atoms with E-state index >= 15 is 0 Å². The number of sulfone groups is 1. The molecular weight excluding hydrogens is 494 g/mol. The normalized spacial score (nSPS) is 11.9. The minimum absolute atomic E-state index is 0.242. The molecule has 3 N–H and O–H groups in total. The van der Waals surface area contributed by atoms with E-state index in [1.165, 1.54) is 17.6 Å². The fourth-order valence-electron chi connectivity index (χ4n) is 3.68. The second-order valence-corrected chi connectivity index (χ2v) is 11.2. The summed E-state index contributed by atoms with van der Waals surface area (Å²) in [5.74, 6) is -0.365. The molecule has 1 heterocycles. The molecule has 0 fully saturated rings. The van der Waals surface area contributed by atoms with Crippen molar-refractivity contribution in [2.75, 3.05) is 16.9 Å². The van der Waals surface area contributed by atoms with Crippen molar-refractivity contribution >= 4 is 44.5 Å². The Hall–Kier alpha value is -3.95. The molecule has 3 amide bonds. The topological polar surface area (TPSA) is 104 Å². The van der Waals surface area contributed by atoms with Crippen LogP contribution in [0.15, 0.2) is 101 Å². The quantitative estimate of drug-likeness (QED) is 0.298. The molecule has 0 aliphatic rings. The molecule has 0 spiro atoms. The van der Waals surface area contributed by atoms with Crippen LogP contribution in [0.5, 0.6) is 0 Å². The van der Waals surface area contributed by atoms with Crippen molar-refractivity contribution in [1.29, 1.82) is 0 Å². The summed E-state index contributed by atoms with van der Waals surface area (Å²) in [6, 6.07) is 25.2. The van der Waals surface area contributed by atoms with Crippen molar-refractivity contribution in [1.82, 2.24) is 5.32 Å². The summed E-state index contributed by atoms with van der Waals surface area (Å²) in [7, 11) is -3.40. The van der Waals surface area contributed by atoms with E-state index in [0.717, 1.165) is 4.88 Å². The van der Waals surface area contributed by atoms with Gasteiger partial charge in [-0.25, -0.2) is 13.2 Å². The van der Waals surface area contributed by atoms with E-state index in [-0.39, 0.29) is 10.8 Å². The Morgan fingerprint density at radius 3 is 2.14 bits per heavy atom. The lowest BCUT2D eigenvalue weighted by molar-refractivity contribution is -0.117. The van der Waals surface area contributed by atoms with Crippen LogP contribution in [-0.2, 0) is 21.1 Å². The second kappa shape index (κ2) is 11.2. The van der Waals surface area contributed by atoms with Crippen LogP contribution in [0, 0.1) is 0 Å². The number of nitrogens with one attached hydrogen (secondary N) is 3. The first kappa shape index (κ1) is 25.2. The van der Waals surface area contributed by atoms with E-state index in [4.69, 9.17) is 0 Å². The summed E-state index contributed by atoms with van der Waals surface area (Å²) in [6.45, 7) is 0. The number of benzene rings is 3. The van der Waals surface area contributed by atoms with Gasteiger partial charge >= 0.3 is 6.03 Å². The number of urea groups is 1. The number of thiophene rings is 1. The van der Waals surface area contributed by atoms with Crippen molar-refractivity contribution in [2.24, 2.45) is 0 Å². The average Bonchev–Trinajstić information content (AvgIpc) is 3.37. The van der Waals surface area contributed by atoms with Crippen LogP contribution in [-0.4, -0.2) is 32.7 Å². The van der Waals surface area contributed by atoms with Gasteiger partial charge in [-0.15, -0.1) is 11.3 Å². The standard InChI is InChI=1S/C27H25N3O4S2/c1-36(33,34)25-12-6-5-11-23(25)19-13-15-21(16-14-19)28-26(31)24(18-22-10-7-17-35-22)30-27(32)29-20-8-3-2-4-9-20/h2-17,24H,18H2,1H3,(H,28,31)(H2,29,30,32). The third-order valence-electron chi connectivity index (χ3n) is 5.39. The second-order valence-electron chi connectivity index (χ2n) is 8.14. The monoisotopic (exact) mass is 519 g/mol. The van der Waals surface area contributed by atoms with Gasteiger partial charge in [0.2, 0.25) is 5.91 Å². The maximum atomic E-state index is 13.1. The molecule has 36 heavy (non-hydrogen) atoms. The Kier molecular flexibility index (Phi) is 7.82. The van der Waals surface area contributed by atoms with Crippen molar-refractivity contribution in [2.45, 2.75) is 17.4 Å². The third-order valence-corrected chi connectivity index (χ3v) is 7.44. The number of anilines is 2. The number of rotatable bonds is 8. The zero-order valence-electron chi connectivity index (χ0n) is 19.5. The molecule has 0 saturated carbocycles. The lowest BCUT2D eigenvalue weighted by atomic mass is 10.1. The predicted octanol–water partition coefficient (Wildman–Crippen LogP) is 5.19. The van der Waals surface area contributed by atoms with Crippen molar-refractivity contribution in [3.05, 3.63) is 101 Å². The van der Waals surface area contributed by atoms with E-state index in [1.54, 1.807) is 60.7 Å². The number of amides is 3. The van der Waals surface area contributed by atoms with E-state index in [0.29, 0.717) is 28.9 Å². The van der Waals surface area contributed by atoms with Crippen LogP contribution in [0.2, 0.25) is 0 Å². The van der Waals surface area contributed by atoms with Gasteiger partial charge in [0.25, 0.3) is 0 Å². The maximum Gasteiger partial charge on any atom is 0.319 e. The Morgan fingerprint density at radius 2 is 1.47 bits per heavy atom. The molecule has 0 bridgehead atoms. The van der Waals surface area contributed by atoms with E-state index in [1.807, 2.05) is 35.7 Å². The fourth-order valence-corrected chi connectivity index (χ4v) is 5.34. The Balaban J connectivity index is 1.49. The van der Waals surface area contributed by atoms with Crippen molar-refractivity contribution in [3.63, 3.8) is 0 Å². The highest BCUT2D eigenvalue weighted by Gasteiger charge is 2.22. The molecule has 3 aromatic carbocycles. The summed E-state index contributed by atoms with van der Waals surface area (Å²) in [5, 5.41) is 10.3. The Labute approximate surface area is 214 Å². The van der Waals surface area contributed by atoms with Gasteiger partial charge in [-0.05, 0) is 47.3 Å². The summed E-state index contributed by atoms with van der Waals surface area (Å²) in [6.07, 6.45) is 1.51. The summed E-state index contributed by atoms with van der Waals surface area (Å²) < 4.78 is 24.3. The lowest BCUT2D eigenvalue weighted by Gasteiger charge is -2.19. The van der Waals surface area contributed by atoms with Gasteiger partial charge < -0.3 is 16.0 Å². The van der Waals surface area contributed by atoms with Gasteiger partial charge in [-0.1, -0.05) is 54.6 Å². The largest absolute Gasteiger partial charge is 0.326 e. The lowest BCUT2D eigenvalue weighted by Crippen LogP contribution is -2.46. The number of carbonyl (C=O) groups is 2. The van der Waals surface area contributed by atoms with Crippen LogP contribution >= 0.6 is 11.3 Å². The van der Waals surface area contributed by atoms with Crippen LogP contribution in [0.3, 0.4) is 0 Å². The van der Waals surface area contributed by atoms with Gasteiger partial charge in [0.1, 0.15) is 6.04 Å². The van der Waals surface area contributed by atoms with Crippen molar-refractivity contribution in [3.8, 4) is 11.1 Å². The Morgan fingerprint density at radius 1 is 0.806 bits per heavy atom. The first-order valence-corrected chi connectivity index (χ1v) is 13.9. The third kappa shape index (κ3) is 6.59.